The maximum Gasteiger partial charge on any atom is 0.276 e. The Bertz CT molecular complexity index is 888. The van der Waals surface area contributed by atoms with Gasteiger partial charge >= 0.3 is 0 Å². The molecule has 1 heterocycles. The number of halogens is 1. The number of rotatable bonds is 5. The van der Waals surface area contributed by atoms with Crippen LogP contribution >= 0.6 is 11.6 Å². The Balaban J connectivity index is 1.62. The topological polar surface area (TPSA) is 56.2 Å². The molecule has 0 unspecified atom stereocenters. The largest absolute Gasteiger partial charge is 0.471 e. The van der Waals surface area contributed by atoms with Crippen LogP contribution in [-0.2, 0) is 6.73 Å². The van der Waals surface area contributed by atoms with Crippen molar-refractivity contribution < 1.29 is 9.53 Å². The molecule has 2 aromatic carbocycles. The molecule has 1 amide bonds. The number of nitrogens with zero attached hydrogens (tertiary/aromatic N) is 2. The molecule has 0 bridgehead atoms. The van der Waals surface area contributed by atoms with Gasteiger partial charge in [-0.1, -0.05) is 29.3 Å². The first-order valence-corrected chi connectivity index (χ1v) is 8.19. The van der Waals surface area contributed by atoms with Crippen molar-refractivity contribution >= 4 is 23.2 Å². The van der Waals surface area contributed by atoms with Gasteiger partial charge in [0.1, 0.15) is 5.75 Å². The summed E-state index contributed by atoms with van der Waals surface area (Å²) in [5.41, 5.74) is 3.28. The number of ether oxygens (including phenoxy) is 1. The van der Waals surface area contributed by atoms with Crippen molar-refractivity contribution in [2.24, 2.45) is 0 Å². The molecule has 6 heteroatoms. The molecule has 0 saturated heterocycles. The maximum absolute atomic E-state index is 12.3. The lowest BCUT2D eigenvalue weighted by Gasteiger charge is -2.08. The molecule has 0 aliphatic rings. The number of aromatic nitrogens is 2. The molecule has 0 aliphatic heterocycles. The first-order valence-electron chi connectivity index (χ1n) is 7.82. The highest BCUT2D eigenvalue weighted by molar-refractivity contribution is 6.30. The van der Waals surface area contributed by atoms with Gasteiger partial charge in [-0.15, -0.1) is 0 Å². The second-order valence-corrected chi connectivity index (χ2v) is 6.18. The molecule has 5 nitrogen and oxygen atoms in total. The average molecular weight is 356 g/mol. The Hall–Kier alpha value is -2.79. The lowest BCUT2D eigenvalue weighted by atomic mass is 10.1. The standard InChI is InChI=1S/C19H18ClN3O2/c1-13-3-8-17(14(2)11-13)21-19(24)18-9-10-23(22-18)12-25-16-6-4-15(20)5-7-16/h3-11H,12H2,1-2H3,(H,21,24). The van der Waals surface area contributed by atoms with Crippen LogP contribution in [0.1, 0.15) is 21.6 Å². The van der Waals surface area contributed by atoms with Gasteiger partial charge in [-0.25, -0.2) is 4.68 Å². The van der Waals surface area contributed by atoms with E-state index in [4.69, 9.17) is 16.3 Å². The van der Waals surface area contributed by atoms with E-state index in [0.29, 0.717) is 16.5 Å². The van der Waals surface area contributed by atoms with Crippen molar-refractivity contribution in [3.05, 3.63) is 76.6 Å². The fraction of sp³-hybridized carbons (Fsp3) is 0.158. The predicted molar refractivity (Wildman–Crippen MR) is 98.2 cm³/mol. The zero-order chi connectivity index (χ0) is 17.8. The molecule has 3 aromatic rings. The highest BCUT2D eigenvalue weighted by Crippen LogP contribution is 2.17. The number of aryl methyl sites for hydroxylation is 2. The van der Waals surface area contributed by atoms with E-state index in [2.05, 4.69) is 10.4 Å². The summed E-state index contributed by atoms with van der Waals surface area (Å²) in [5, 5.41) is 7.77. The van der Waals surface area contributed by atoms with Gasteiger partial charge in [0.25, 0.3) is 5.91 Å². The van der Waals surface area contributed by atoms with E-state index in [1.54, 1.807) is 41.2 Å². The van der Waals surface area contributed by atoms with E-state index in [9.17, 15) is 4.79 Å². The zero-order valence-electron chi connectivity index (χ0n) is 14.0. The molecule has 0 atom stereocenters. The number of anilines is 1. The quantitative estimate of drug-likeness (QED) is 0.736. The molecule has 0 radical (unpaired) electrons. The number of amides is 1. The highest BCUT2D eigenvalue weighted by Gasteiger charge is 2.11. The smallest absolute Gasteiger partial charge is 0.276 e. The van der Waals surface area contributed by atoms with Crippen molar-refractivity contribution in [1.82, 2.24) is 9.78 Å². The van der Waals surface area contributed by atoms with Crippen LogP contribution in [0, 0.1) is 13.8 Å². The molecule has 3 rings (SSSR count). The van der Waals surface area contributed by atoms with Gasteiger partial charge < -0.3 is 10.1 Å². The number of hydrogen-bond acceptors (Lipinski definition) is 3. The summed E-state index contributed by atoms with van der Waals surface area (Å²) >= 11 is 5.84. The fourth-order valence-corrected chi connectivity index (χ4v) is 2.49. The van der Waals surface area contributed by atoms with Crippen LogP contribution in [-0.4, -0.2) is 15.7 Å². The van der Waals surface area contributed by atoms with Gasteiger partial charge in [0, 0.05) is 16.9 Å². The van der Waals surface area contributed by atoms with Crippen LogP contribution < -0.4 is 10.1 Å². The molecular weight excluding hydrogens is 338 g/mol. The average Bonchev–Trinajstić information content (AvgIpc) is 3.06. The minimum atomic E-state index is -0.253. The van der Waals surface area contributed by atoms with Gasteiger partial charge in [0.05, 0.1) is 0 Å². The minimum Gasteiger partial charge on any atom is -0.471 e. The minimum absolute atomic E-state index is 0.207. The first-order chi connectivity index (χ1) is 12.0. The second kappa shape index (κ2) is 7.40. The maximum atomic E-state index is 12.3. The molecule has 0 fully saturated rings. The third kappa shape index (κ3) is 4.39. The van der Waals surface area contributed by atoms with E-state index >= 15 is 0 Å². The summed E-state index contributed by atoms with van der Waals surface area (Å²) in [6.45, 7) is 4.18. The number of carbonyl (C=O) groups excluding carboxylic acids is 1. The molecule has 25 heavy (non-hydrogen) atoms. The summed E-state index contributed by atoms with van der Waals surface area (Å²) < 4.78 is 7.16. The number of nitrogens with one attached hydrogen (secondary N) is 1. The summed E-state index contributed by atoms with van der Waals surface area (Å²) in [7, 11) is 0. The summed E-state index contributed by atoms with van der Waals surface area (Å²) in [6, 6.07) is 14.6. The molecule has 0 spiro atoms. The van der Waals surface area contributed by atoms with Gasteiger partial charge in [-0.05, 0) is 55.8 Å². The van der Waals surface area contributed by atoms with E-state index in [1.165, 1.54) is 0 Å². The van der Waals surface area contributed by atoms with E-state index in [1.807, 2.05) is 32.0 Å². The van der Waals surface area contributed by atoms with Crippen molar-refractivity contribution in [1.29, 1.82) is 0 Å². The summed E-state index contributed by atoms with van der Waals surface area (Å²) in [5.74, 6) is 0.429. The molecule has 0 aliphatic carbocycles. The Morgan fingerprint density at radius 3 is 2.64 bits per heavy atom. The summed E-state index contributed by atoms with van der Waals surface area (Å²) in [4.78, 5) is 12.3. The Kier molecular flexibility index (Phi) is 5.05. The normalized spacial score (nSPS) is 10.5. The van der Waals surface area contributed by atoms with Gasteiger partial charge in [0.2, 0.25) is 0 Å². The van der Waals surface area contributed by atoms with Gasteiger partial charge in [-0.2, -0.15) is 5.10 Å². The fourth-order valence-electron chi connectivity index (χ4n) is 2.37. The highest BCUT2D eigenvalue weighted by atomic mass is 35.5. The lowest BCUT2D eigenvalue weighted by molar-refractivity contribution is 0.102. The Morgan fingerprint density at radius 2 is 1.92 bits per heavy atom. The number of carbonyl (C=O) groups is 1. The predicted octanol–water partition coefficient (Wildman–Crippen LogP) is 4.44. The van der Waals surface area contributed by atoms with Gasteiger partial charge in [0.15, 0.2) is 12.4 Å². The van der Waals surface area contributed by atoms with Crippen LogP contribution in [0.4, 0.5) is 5.69 Å². The third-order valence-corrected chi connectivity index (χ3v) is 3.93. The van der Waals surface area contributed by atoms with E-state index < -0.39 is 0 Å². The van der Waals surface area contributed by atoms with Crippen LogP contribution in [0.25, 0.3) is 0 Å². The molecule has 1 N–H and O–H groups in total. The monoisotopic (exact) mass is 355 g/mol. The summed E-state index contributed by atoms with van der Waals surface area (Å²) in [6.07, 6.45) is 1.70. The van der Waals surface area contributed by atoms with Crippen LogP contribution in [0.5, 0.6) is 5.75 Å². The van der Waals surface area contributed by atoms with Crippen molar-refractivity contribution in [2.45, 2.75) is 20.6 Å². The third-order valence-electron chi connectivity index (χ3n) is 3.68. The molecule has 128 valence electrons. The molecular formula is C19H18ClN3O2. The second-order valence-electron chi connectivity index (χ2n) is 5.74. The Morgan fingerprint density at radius 1 is 1.16 bits per heavy atom. The van der Waals surface area contributed by atoms with E-state index in [0.717, 1.165) is 16.8 Å². The molecule has 0 saturated carbocycles. The SMILES string of the molecule is Cc1ccc(NC(=O)c2ccn(COc3ccc(Cl)cc3)n2)c(C)c1. The van der Waals surface area contributed by atoms with E-state index in [-0.39, 0.29) is 12.6 Å². The lowest BCUT2D eigenvalue weighted by Crippen LogP contribution is -2.15. The molecule has 1 aromatic heterocycles. The zero-order valence-corrected chi connectivity index (χ0v) is 14.7. The first kappa shape index (κ1) is 17.0. The van der Waals surface area contributed by atoms with Crippen LogP contribution in [0.3, 0.4) is 0 Å². The Labute approximate surface area is 151 Å². The van der Waals surface area contributed by atoms with Crippen LogP contribution in [0.15, 0.2) is 54.7 Å². The van der Waals surface area contributed by atoms with Gasteiger partial charge in [-0.3, -0.25) is 4.79 Å². The van der Waals surface area contributed by atoms with Crippen molar-refractivity contribution in [3.8, 4) is 5.75 Å². The van der Waals surface area contributed by atoms with Crippen molar-refractivity contribution in [3.63, 3.8) is 0 Å². The number of benzene rings is 2. The van der Waals surface area contributed by atoms with Crippen molar-refractivity contribution in [2.75, 3.05) is 5.32 Å². The number of hydrogen-bond donors (Lipinski definition) is 1. The van der Waals surface area contributed by atoms with Crippen LogP contribution in [0.2, 0.25) is 5.02 Å².